The predicted molar refractivity (Wildman–Crippen MR) is 72.1 cm³/mol. The fraction of sp³-hybridized carbons (Fsp3) is 0.400. The van der Waals surface area contributed by atoms with Crippen LogP contribution in [0, 0.1) is 0 Å². The van der Waals surface area contributed by atoms with E-state index in [1.807, 2.05) is 37.6 Å². The van der Waals surface area contributed by atoms with Crippen LogP contribution in [0.4, 0.5) is 0 Å². The zero-order chi connectivity index (χ0) is 13.2. The Kier molecular flexibility index (Phi) is 3.25. The lowest BCUT2D eigenvalue weighted by molar-refractivity contribution is 0.180. The molecule has 0 saturated carbocycles. The minimum atomic E-state index is -0.322. The van der Waals surface area contributed by atoms with Crippen LogP contribution in [0.15, 0.2) is 30.6 Å². The lowest BCUT2D eigenvalue weighted by Crippen LogP contribution is -2.03. The largest absolute Gasteiger partial charge is 0.493 e. The number of hydrogen-bond acceptors (Lipinski definition) is 3. The summed E-state index contributed by atoms with van der Waals surface area (Å²) in [7, 11) is 1.91. The number of hydrogen-bond donors (Lipinski definition) is 1. The van der Waals surface area contributed by atoms with Crippen molar-refractivity contribution in [3.63, 3.8) is 0 Å². The molecule has 0 spiro atoms. The maximum Gasteiger partial charge on any atom is 0.122 e. The second kappa shape index (κ2) is 5.05. The Morgan fingerprint density at radius 1 is 1.47 bits per heavy atom. The van der Waals surface area contributed by atoms with Crippen molar-refractivity contribution < 1.29 is 9.84 Å². The molecule has 0 radical (unpaired) electrons. The van der Waals surface area contributed by atoms with Gasteiger partial charge in [0, 0.05) is 25.2 Å². The van der Waals surface area contributed by atoms with E-state index < -0.39 is 0 Å². The molecule has 4 nitrogen and oxygen atoms in total. The monoisotopic (exact) mass is 258 g/mol. The molecule has 0 amide bonds. The third kappa shape index (κ3) is 2.49. The summed E-state index contributed by atoms with van der Waals surface area (Å²) in [5.74, 6) is 0.915. The highest BCUT2D eigenvalue weighted by Crippen LogP contribution is 2.36. The summed E-state index contributed by atoms with van der Waals surface area (Å²) in [6.45, 7) is 0.637. The Labute approximate surface area is 112 Å². The first-order chi connectivity index (χ1) is 9.24. The topological polar surface area (TPSA) is 47.3 Å². The summed E-state index contributed by atoms with van der Waals surface area (Å²) >= 11 is 0. The van der Waals surface area contributed by atoms with Crippen molar-refractivity contribution in [2.75, 3.05) is 6.61 Å². The van der Waals surface area contributed by atoms with Crippen LogP contribution in [-0.4, -0.2) is 21.5 Å². The van der Waals surface area contributed by atoms with Gasteiger partial charge in [0.1, 0.15) is 5.75 Å². The van der Waals surface area contributed by atoms with E-state index in [0.29, 0.717) is 6.61 Å². The molecule has 1 atom stereocenters. The quantitative estimate of drug-likeness (QED) is 0.912. The molecule has 1 unspecified atom stereocenters. The van der Waals surface area contributed by atoms with Gasteiger partial charge in [-0.25, -0.2) is 0 Å². The van der Waals surface area contributed by atoms with Gasteiger partial charge >= 0.3 is 0 Å². The molecule has 1 N–H and O–H groups in total. The van der Waals surface area contributed by atoms with E-state index in [9.17, 15) is 5.11 Å². The standard InChI is InChI=1S/C15H18N2O2/c1-17-10-11(9-16-17)7-8-19-15-4-2-3-12-13(15)5-6-14(12)18/h2-4,9-10,14,18H,5-8H2,1H3. The van der Waals surface area contributed by atoms with Gasteiger partial charge < -0.3 is 9.84 Å². The van der Waals surface area contributed by atoms with Crippen molar-refractivity contribution in [1.82, 2.24) is 9.78 Å². The van der Waals surface area contributed by atoms with Crippen molar-refractivity contribution in [3.8, 4) is 5.75 Å². The number of aryl methyl sites for hydroxylation is 1. The average Bonchev–Trinajstić information content (AvgIpc) is 2.98. The van der Waals surface area contributed by atoms with Crippen LogP contribution in [0.1, 0.15) is 29.2 Å². The maximum atomic E-state index is 9.85. The molecule has 0 bridgehead atoms. The van der Waals surface area contributed by atoms with Crippen LogP contribution in [0.2, 0.25) is 0 Å². The van der Waals surface area contributed by atoms with Gasteiger partial charge in [-0.1, -0.05) is 12.1 Å². The van der Waals surface area contributed by atoms with E-state index in [1.54, 1.807) is 4.68 Å². The molecular weight excluding hydrogens is 240 g/mol. The number of aliphatic hydroxyl groups is 1. The molecule has 0 aliphatic heterocycles. The summed E-state index contributed by atoms with van der Waals surface area (Å²) in [5.41, 5.74) is 3.37. The first-order valence-electron chi connectivity index (χ1n) is 6.64. The van der Waals surface area contributed by atoms with Gasteiger partial charge in [-0.2, -0.15) is 5.10 Å². The van der Waals surface area contributed by atoms with Gasteiger partial charge in [-0.05, 0) is 30.0 Å². The van der Waals surface area contributed by atoms with Crippen LogP contribution < -0.4 is 4.74 Å². The number of ether oxygens (including phenoxy) is 1. The number of nitrogens with zero attached hydrogens (tertiary/aromatic N) is 2. The zero-order valence-corrected chi connectivity index (χ0v) is 11.0. The molecular formula is C15H18N2O2. The molecule has 4 heteroatoms. The molecule has 1 aliphatic rings. The number of aromatic nitrogens is 2. The van der Waals surface area contributed by atoms with E-state index in [4.69, 9.17) is 4.74 Å². The molecule has 3 rings (SSSR count). The summed E-state index contributed by atoms with van der Waals surface area (Å²) in [6, 6.07) is 5.92. The second-order valence-corrected chi connectivity index (χ2v) is 5.00. The highest BCUT2D eigenvalue weighted by Gasteiger charge is 2.22. The molecule has 100 valence electrons. The second-order valence-electron chi connectivity index (χ2n) is 5.00. The minimum Gasteiger partial charge on any atom is -0.493 e. The number of fused-ring (bicyclic) bond motifs is 1. The van der Waals surface area contributed by atoms with Crippen LogP contribution >= 0.6 is 0 Å². The summed E-state index contributed by atoms with van der Waals surface area (Å²) < 4.78 is 7.66. The molecule has 1 heterocycles. The summed E-state index contributed by atoms with van der Waals surface area (Å²) in [6.07, 6.45) is 6.10. The SMILES string of the molecule is Cn1cc(CCOc2cccc3c2CCC3O)cn1. The predicted octanol–water partition coefficient (Wildman–Crippen LogP) is 2.02. The lowest BCUT2D eigenvalue weighted by Gasteiger charge is -2.10. The summed E-state index contributed by atoms with van der Waals surface area (Å²) in [5, 5.41) is 14.0. The van der Waals surface area contributed by atoms with Crippen molar-refractivity contribution in [1.29, 1.82) is 0 Å². The molecule has 19 heavy (non-hydrogen) atoms. The van der Waals surface area contributed by atoms with E-state index in [2.05, 4.69) is 5.10 Å². The van der Waals surface area contributed by atoms with E-state index >= 15 is 0 Å². The first kappa shape index (κ1) is 12.2. The average molecular weight is 258 g/mol. The molecule has 2 aromatic rings. The van der Waals surface area contributed by atoms with Crippen molar-refractivity contribution in [2.24, 2.45) is 7.05 Å². The Balaban J connectivity index is 1.65. The Hall–Kier alpha value is -1.81. The summed E-state index contributed by atoms with van der Waals surface area (Å²) in [4.78, 5) is 0. The van der Waals surface area contributed by atoms with E-state index in [1.165, 1.54) is 11.1 Å². The number of benzene rings is 1. The van der Waals surface area contributed by atoms with E-state index in [0.717, 1.165) is 30.6 Å². The maximum absolute atomic E-state index is 9.85. The van der Waals surface area contributed by atoms with Crippen molar-refractivity contribution in [2.45, 2.75) is 25.4 Å². The number of rotatable bonds is 4. The molecule has 1 aliphatic carbocycles. The fourth-order valence-electron chi connectivity index (χ4n) is 2.61. The normalized spacial score (nSPS) is 17.5. The molecule has 0 fully saturated rings. The third-order valence-corrected chi connectivity index (χ3v) is 3.60. The molecule has 0 saturated heterocycles. The zero-order valence-electron chi connectivity index (χ0n) is 11.0. The van der Waals surface area contributed by atoms with Crippen molar-refractivity contribution >= 4 is 0 Å². The highest BCUT2D eigenvalue weighted by atomic mass is 16.5. The van der Waals surface area contributed by atoms with Gasteiger partial charge in [0.05, 0.1) is 18.9 Å². The van der Waals surface area contributed by atoms with Gasteiger partial charge in [-0.15, -0.1) is 0 Å². The van der Waals surface area contributed by atoms with Gasteiger partial charge in [0.25, 0.3) is 0 Å². The van der Waals surface area contributed by atoms with Crippen molar-refractivity contribution in [3.05, 3.63) is 47.3 Å². The molecule has 1 aromatic carbocycles. The number of aliphatic hydroxyl groups excluding tert-OH is 1. The Morgan fingerprint density at radius 3 is 3.16 bits per heavy atom. The van der Waals surface area contributed by atoms with Gasteiger partial charge in [0.2, 0.25) is 0 Å². The van der Waals surface area contributed by atoms with Crippen LogP contribution in [0.25, 0.3) is 0 Å². The van der Waals surface area contributed by atoms with Crippen LogP contribution in [-0.2, 0) is 19.9 Å². The van der Waals surface area contributed by atoms with Gasteiger partial charge in [-0.3, -0.25) is 4.68 Å². The smallest absolute Gasteiger partial charge is 0.122 e. The van der Waals surface area contributed by atoms with Crippen LogP contribution in [0.3, 0.4) is 0 Å². The Bertz CT molecular complexity index is 577. The minimum absolute atomic E-state index is 0.322. The highest BCUT2D eigenvalue weighted by molar-refractivity contribution is 5.44. The molecule has 1 aromatic heterocycles. The van der Waals surface area contributed by atoms with E-state index in [-0.39, 0.29) is 6.10 Å². The fourth-order valence-corrected chi connectivity index (χ4v) is 2.61. The Morgan fingerprint density at radius 2 is 2.37 bits per heavy atom. The first-order valence-corrected chi connectivity index (χ1v) is 6.64. The third-order valence-electron chi connectivity index (χ3n) is 3.60. The van der Waals surface area contributed by atoms with Crippen LogP contribution in [0.5, 0.6) is 5.75 Å². The van der Waals surface area contributed by atoms with Gasteiger partial charge in [0.15, 0.2) is 0 Å². The lowest BCUT2D eigenvalue weighted by atomic mass is 10.1.